The molecule has 0 radical (unpaired) electrons. The van der Waals surface area contributed by atoms with Gasteiger partial charge in [0.15, 0.2) is 5.78 Å². The van der Waals surface area contributed by atoms with Gasteiger partial charge in [0.1, 0.15) is 6.04 Å². The Morgan fingerprint density at radius 2 is 1.95 bits per heavy atom. The van der Waals surface area contributed by atoms with Crippen LogP contribution in [-0.2, 0) is 9.59 Å². The van der Waals surface area contributed by atoms with Crippen molar-refractivity contribution in [3.8, 4) is 0 Å². The summed E-state index contributed by atoms with van der Waals surface area (Å²) >= 11 is 1.09. The Morgan fingerprint density at radius 1 is 1.32 bits per heavy atom. The molecule has 0 saturated heterocycles. The molecule has 0 aromatic carbocycles. The lowest BCUT2D eigenvalue weighted by atomic mass is 10.2. The van der Waals surface area contributed by atoms with E-state index in [2.05, 4.69) is 5.32 Å². The fourth-order valence-electron chi connectivity index (χ4n) is 1.73. The van der Waals surface area contributed by atoms with Gasteiger partial charge in [-0.2, -0.15) is 0 Å². The number of nitrogens with zero attached hydrogens (tertiary/aromatic N) is 1. The predicted octanol–water partition coefficient (Wildman–Crippen LogP) is 1.00. The lowest BCUT2D eigenvalue weighted by molar-refractivity contribution is -0.141. The van der Waals surface area contributed by atoms with Gasteiger partial charge in [0.25, 0.3) is 5.91 Å². The van der Waals surface area contributed by atoms with Crippen molar-refractivity contribution in [2.45, 2.75) is 26.8 Å². The summed E-state index contributed by atoms with van der Waals surface area (Å²) in [6, 6.07) is 0.416. The van der Waals surface area contributed by atoms with E-state index in [0.29, 0.717) is 10.4 Å². The van der Waals surface area contributed by atoms with E-state index in [1.165, 1.54) is 26.8 Å². The Kier molecular flexibility index (Phi) is 6.24. The third-order valence-electron chi connectivity index (χ3n) is 3.03. The number of carbonyl (C=O) groups excluding carboxylic acids is 3. The maximum absolute atomic E-state index is 12.5. The number of Topliss-reactive ketones (excluding diaryl/α,β-unsaturated/α-hetero) is 1. The number of aliphatic carboxylic acids is 1. The number of carboxylic acids is 1. The van der Waals surface area contributed by atoms with Crippen molar-refractivity contribution in [3.63, 3.8) is 0 Å². The molecule has 1 aromatic rings. The zero-order valence-electron chi connectivity index (χ0n) is 12.6. The van der Waals surface area contributed by atoms with Crippen LogP contribution in [0.5, 0.6) is 0 Å². The van der Waals surface area contributed by atoms with E-state index >= 15 is 0 Å². The molecule has 0 saturated carbocycles. The van der Waals surface area contributed by atoms with E-state index in [0.717, 1.165) is 16.2 Å². The SMILES string of the molecule is CC(=O)NCCN(C(=O)c1cc(C(C)=O)cs1)C(C)C(=O)O. The highest BCUT2D eigenvalue weighted by Crippen LogP contribution is 2.18. The number of ketones is 1. The minimum atomic E-state index is -1.14. The highest BCUT2D eigenvalue weighted by molar-refractivity contribution is 7.12. The Hall–Kier alpha value is -2.22. The number of carboxylic acid groups (broad SMARTS) is 1. The number of thiophene rings is 1. The fraction of sp³-hybridized carbons (Fsp3) is 0.429. The highest BCUT2D eigenvalue weighted by atomic mass is 32.1. The quantitative estimate of drug-likeness (QED) is 0.728. The van der Waals surface area contributed by atoms with Crippen LogP contribution in [0.4, 0.5) is 0 Å². The lowest BCUT2D eigenvalue weighted by Gasteiger charge is -2.26. The molecule has 2 N–H and O–H groups in total. The molecule has 120 valence electrons. The van der Waals surface area contributed by atoms with Gasteiger partial charge in [-0.3, -0.25) is 14.4 Å². The summed E-state index contributed by atoms with van der Waals surface area (Å²) in [5.74, 6) is -2.03. The van der Waals surface area contributed by atoms with E-state index < -0.39 is 17.9 Å². The summed E-state index contributed by atoms with van der Waals surface area (Å²) in [4.78, 5) is 47.2. The topological polar surface area (TPSA) is 104 Å². The Balaban J connectivity index is 2.92. The number of hydrogen-bond acceptors (Lipinski definition) is 5. The van der Waals surface area contributed by atoms with Crippen LogP contribution >= 0.6 is 11.3 Å². The molecule has 1 rings (SSSR count). The van der Waals surface area contributed by atoms with Gasteiger partial charge in [-0.05, 0) is 19.9 Å². The zero-order chi connectivity index (χ0) is 16.9. The van der Waals surface area contributed by atoms with Crippen molar-refractivity contribution in [2.75, 3.05) is 13.1 Å². The summed E-state index contributed by atoms with van der Waals surface area (Å²) < 4.78 is 0. The molecule has 1 heterocycles. The first-order valence-corrected chi connectivity index (χ1v) is 7.49. The molecule has 0 aliphatic heterocycles. The molecule has 0 bridgehead atoms. The molecule has 0 aliphatic carbocycles. The van der Waals surface area contributed by atoms with Crippen LogP contribution in [-0.4, -0.2) is 52.7 Å². The van der Waals surface area contributed by atoms with Crippen LogP contribution in [0.1, 0.15) is 40.8 Å². The minimum Gasteiger partial charge on any atom is -0.480 e. The van der Waals surface area contributed by atoms with Crippen LogP contribution in [0.15, 0.2) is 11.4 Å². The second-order valence-corrected chi connectivity index (χ2v) is 5.66. The maximum atomic E-state index is 12.5. The van der Waals surface area contributed by atoms with Gasteiger partial charge in [0.05, 0.1) is 4.88 Å². The summed E-state index contributed by atoms with van der Waals surface area (Å²) in [5, 5.41) is 13.2. The molecular formula is C14H18N2O5S. The first-order valence-electron chi connectivity index (χ1n) is 6.61. The van der Waals surface area contributed by atoms with Crippen molar-refractivity contribution in [3.05, 3.63) is 21.9 Å². The van der Waals surface area contributed by atoms with Crippen molar-refractivity contribution in [1.29, 1.82) is 0 Å². The average molecular weight is 326 g/mol. The Bertz CT molecular complexity index is 596. The van der Waals surface area contributed by atoms with Gasteiger partial charge >= 0.3 is 5.97 Å². The third kappa shape index (κ3) is 4.66. The standard InChI is InChI=1S/C14H18N2O5S/c1-8(14(20)21)16(5-4-15-10(3)18)13(19)12-6-11(7-22-12)9(2)17/h6-8H,4-5H2,1-3H3,(H,15,18)(H,20,21). The molecule has 1 atom stereocenters. The molecule has 8 heteroatoms. The van der Waals surface area contributed by atoms with Crippen molar-refractivity contribution >= 4 is 34.9 Å². The molecule has 1 aromatic heterocycles. The zero-order valence-corrected chi connectivity index (χ0v) is 13.4. The fourth-order valence-corrected chi connectivity index (χ4v) is 2.63. The van der Waals surface area contributed by atoms with Gasteiger partial charge in [-0.25, -0.2) is 4.79 Å². The monoisotopic (exact) mass is 326 g/mol. The number of amides is 2. The van der Waals surface area contributed by atoms with Gasteiger partial charge in [-0.1, -0.05) is 0 Å². The van der Waals surface area contributed by atoms with Gasteiger partial charge in [0.2, 0.25) is 5.91 Å². The highest BCUT2D eigenvalue weighted by Gasteiger charge is 2.27. The second-order valence-electron chi connectivity index (χ2n) is 4.75. The summed E-state index contributed by atoms with van der Waals surface area (Å²) in [5.41, 5.74) is 0.415. The Morgan fingerprint density at radius 3 is 2.41 bits per heavy atom. The van der Waals surface area contributed by atoms with Crippen molar-refractivity contribution in [1.82, 2.24) is 10.2 Å². The number of nitrogens with one attached hydrogen (secondary N) is 1. The van der Waals surface area contributed by atoms with Crippen LogP contribution < -0.4 is 5.32 Å². The summed E-state index contributed by atoms with van der Waals surface area (Å²) in [6.45, 7) is 4.35. The molecule has 0 aliphatic rings. The van der Waals surface area contributed by atoms with E-state index in [9.17, 15) is 19.2 Å². The summed E-state index contributed by atoms with van der Waals surface area (Å²) in [7, 11) is 0. The Labute approximate surface area is 131 Å². The normalized spacial score (nSPS) is 11.6. The number of hydrogen-bond donors (Lipinski definition) is 2. The third-order valence-corrected chi connectivity index (χ3v) is 3.95. The molecule has 1 unspecified atom stereocenters. The largest absolute Gasteiger partial charge is 0.480 e. The first kappa shape index (κ1) is 17.8. The minimum absolute atomic E-state index is 0.0686. The second kappa shape index (κ2) is 7.69. The van der Waals surface area contributed by atoms with Crippen LogP contribution in [0.2, 0.25) is 0 Å². The van der Waals surface area contributed by atoms with Crippen molar-refractivity contribution < 1.29 is 24.3 Å². The van der Waals surface area contributed by atoms with Crippen LogP contribution in [0.25, 0.3) is 0 Å². The van der Waals surface area contributed by atoms with Gasteiger partial charge in [0, 0.05) is 31.0 Å². The first-order chi connectivity index (χ1) is 10.2. The lowest BCUT2D eigenvalue weighted by Crippen LogP contribution is -2.46. The van der Waals surface area contributed by atoms with E-state index in [4.69, 9.17) is 5.11 Å². The number of rotatable bonds is 7. The maximum Gasteiger partial charge on any atom is 0.326 e. The molecule has 0 spiro atoms. The van der Waals surface area contributed by atoms with E-state index in [1.807, 2.05) is 0 Å². The van der Waals surface area contributed by atoms with E-state index in [1.54, 1.807) is 5.38 Å². The molecular weight excluding hydrogens is 308 g/mol. The average Bonchev–Trinajstić information content (AvgIpc) is 2.91. The van der Waals surface area contributed by atoms with Crippen LogP contribution in [0.3, 0.4) is 0 Å². The predicted molar refractivity (Wildman–Crippen MR) is 81.1 cm³/mol. The van der Waals surface area contributed by atoms with E-state index in [-0.39, 0.29) is 24.8 Å². The van der Waals surface area contributed by atoms with Crippen LogP contribution in [0, 0.1) is 0 Å². The molecule has 22 heavy (non-hydrogen) atoms. The molecule has 7 nitrogen and oxygen atoms in total. The molecule has 0 fully saturated rings. The molecule has 2 amide bonds. The smallest absolute Gasteiger partial charge is 0.326 e. The number of carbonyl (C=O) groups is 4. The summed E-state index contributed by atoms with van der Waals surface area (Å²) in [6.07, 6.45) is 0. The van der Waals surface area contributed by atoms with Gasteiger partial charge in [-0.15, -0.1) is 11.3 Å². The van der Waals surface area contributed by atoms with Gasteiger partial charge < -0.3 is 15.3 Å². The van der Waals surface area contributed by atoms with Crippen molar-refractivity contribution in [2.24, 2.45) is 0 Å².